The van der Waals surface area contributed by atoms with E-state index in [1.165, 1.54) is 44.5 Å². The fourth-order valence-corrected chi connectivity index (χ4v) is 26.7. The number of carbonyl (C=O) groups is 4. The number of carboxylic acids is 4. The lowest BCUT2D eigenvalue weighted by Gasteiger charge is -2.52. The average Bonchev–Trinajstić information content (AvgIpc) is 1.60. The fraction of sp³-hybridized carbons (Fsp3) is 0.483. The second kappa shape index (κ2) is 41.4. The Morgan fingerprint density at radius 2 is 0.536 bits per heavy atom. The third kappa shape index (κ3) is 19.9. The zero-order valence-corrected chi connectivity index (χ0v) is 84.2. The summed E-state index contributed by atoms with van der Waals surface area (Å²) in [5.74, 6) is 0.286. The van der Waals surface area contributed by atoms with Crippen LogP contribution in [-0.4, -0.2) is 168 Å². The van der Waals surface area contributed by atoms with Gasteiger partial charge >= 0.3 is 23.9 Å². The number of rotatable bonds is 24. The second-order valence-electron chi connectivity index (χ2n) is 43.5. The predicted octanol–water partition coefficient (Wildman–Crippen LogP) is 23.5. The Labute approximate surface area is 844 Å². The Balaban J connectivity index is 0.000000129. The van der Waals surface area contributed by atoms with Crippen LogP contribution >= 0.6 is 46.4 Å². The highest BCUT2D eigenvalue weighted by molar-refractivity contribution is 6.31. The number of hydrogen-bond acceptors (Lipinski definition) is 16. The number of ether oxygens (including phenoxy) is 4. The van der Waals surface area contributed by atoms with Crippen molar-refractivity contribution in [2.75, 3.05) is 98.4 Å². The maximum atomic E-state index is 11.8. The molecule has 8 N–H and O–H groups in total. The van der Waals surface area contributed by atoms with Gasteiger partial charge in [-0.25, -0.2) is 19.2 Å². The van der Waals surface area contributed by atoms with E-state index < -0.39 is 48.3 Å². The van der Waals surface area contributed by atoms with Gasteiger partial charge in [0.15, 0.2) is 0 Å². The van der Waals surface area contributed by atoms with Crippen LogP contribution in [-0.2, 0) is 47.3 Å². The zero-order chi connectivity index (χ0) is 99.2. The molecule has 0 radical (unpaired) electrons. The van der Waals surface area contributed by atoms with E-state index >= 15 is 0 Å². The van der Waals surface area contributed by atoms with Gasteiger partial charge in [0.05, 0.1) is 95.8 Å². The van der Waals surface area contributed by atoms with Crippen LogP contribution in [0, 0.1) is 45.3 Å². The highest BCUT2D eigenvalue weighted by Gasteiger charge is 2.56. The third-order valence-corrected chi connectivity index (χ3v) is 36.3. The van der Waals surface area contributed by atoms with Crippen LogP contribution < -0.4 is 38.5 Å². The molecule has 12 aliphatic rings. The Hall–Kier alpha value is -10.0. The summed E-state index contributed by atoms with van der Waals surface area (Å²) in [7, 11) is 0. The summed E-state index contributed by atoms with van der Waals surface area (Å²) >= 11 is 25.4. The molecule has 16 atom stereocenters. The number of fused-ring (bicyclic) bond motifs is 12. The van der Waals surface area contributed by atoms with E-state index in [1.54, 1.807) is 97.1 Å². The number of aryl methyl sites for hydroxylation is 4. The van der Waals surface area contributed by atoms with Crippen LogP contribution in [0.15, 0.2) is 196 Å². The number of aliphatic hydroxyl groups is 4. The minimum absolute atomic E-state index is 0.183. The standard InChI is InChI=1S/4C29H34ClNO4/c4*1-3-5-26(32)28(2)13-11-21(28)16-31-17-29(12-4-6-19-14-22(30)8-9-23(19)29)18-35-25-10-7-20(27(33)34)15-24(25)31/h4*3,7-10,14-15,21,26,32H,1,4-6,11-13,16-18H2,2H3,(H,33,34)/t21-,26+,28+,29+;21-,26+,28+,29-;21-,26-,28+,29+;21-,26-,28+,29-/m1010/s1. The number of aliphatic hydroxyl groups excluding tert-OH is 4. The minimum atomic E-state index is -0.945. The first kappa shape index (κ1) is 101. The van der Waals surface area contributed by atoms with Crippen LogP contribution in [0.5, 0.6) is 23.0 Å². The molecule has 20 rings (SSSR count). The number of benzene rings is 8. The van der Waals surface area contributed by atoms with E-state index in [0.29, 0.717) is 75.8 Å². The number of aromatic carboxylic acids is 4. The first-order chi connectivity index (χ1) is 67.0. The summed E-state index contributed by atoms with van der Waals surface area (Å²) < 4.78 is 25.7. The number of hydrogen-bond donors (Lipinski definition) is 8. The highest BCUT2D eigenvalue weighted by Crippen LogP contribution is 2.59. The van der Waals surface area contributed by atoms with Gasteiger partial charge in [-0.15, -0.1) is 26.3 Å². The summed E-state index contributed by atoms with van der Waals surface area (Å²) in [6.07, 6.45) is 28.0. The third-order valence-electron chi connectivity index (χ3n) is 35.4. The van der Waals surface area contributed by atoms with E-state index in [2.05, 4.69) is 122 Å². The molecular formula is C116H136Cl4N4O16. The second-order valence-corrected chi connectivity index (χ2v) is 45.2. The van der Waals surface area contributed by atoms with Crippen LogP contribution in [0.4, 0.5) is 22.7 Å². The van der Waals surface area contributed by atoms with Crippen LogP contribution in [0.25, 0.3) is 0 Å². The van der Waals surface area contributed by atoms with Crippen molar-refractivity contribution in [3.05, 3.63) is 283 Å². The summed E-state index contributed by atoms with van der Waals surface area (Å²) in [4.78, 5) is 56.6. The molecule has 24 heteroatoms. The molecule has 0 amide bonds. The van der Waals surface area contributed by atoms with Crippen molar-refractivity contribution in [2.45, 2.75) is 228 Å². The molecule has 4 fully saturated rings. The van der Waals surface area contributed by atoms with Crippen molar-refractivity contribution >= 4 is 93.0 Å². The molecule has 8 aliphatic carbocycles. The maximum Gasteiger partial charge on any atom is 0.335 e. The lowest BCUT2D eigenvalue weighted by molar-refractivity contribution is -0.0695. The quantitative estimate of drug-likeness (QED) is 0.0261. The first-order valence-corrected chi connectivity index (χ1v) is 51.9. The van der Waals surface area contributed by atoms with Crippen molar-refractivity contribution in [1.82, 2.24) is 0 Å². The number of carboxylic acid groups (broad SMARTS) is 4. The Morgan fingerprint density at radius 1 is 0.329 bits per heavy atom. The van der Waals surface area contributed by atoms with E-state index in [4.69, 9.17) is 65.4 Å². The number of halogens is 4. The Bertz CT molecular complexity index is 5310. The first-order valence-electron chi connectivity index (χ1n) is 50.3. The molecule has 0 bridgehead atoms. The van der Waals surface area contributed by atoms with Gasteiger partial charge in [0.25, 0.3) is 0 Å². The van der Waals surface area contributed by atoms with Gasteiger partial charge in [0.1, 0.15) is 23.0 Å². The van der Waals surface area contributed by atoms with E-state index in [9.17, 15) is 60.0 Å². The van der Waals surface area contributed by atoms with Gasteiger partial charge < -0.3 is 79.4 Å². The maximum absolute atomic E-state index is 11.8. The van der Waals surface area contributed by atoms with Crippen LogP contribution in [0.1, 0.15) is 242 Å². The fourth-order valence-electron chi connectivity index (χ4n) is 25.9. The van der Waals surface area contributed by atoms with Crippen molar-refractivity contribution in [1.29, 1.82) is 0 Å². The summed E-state index contributed by atoms with van der Waals surface area (Å²) in [5, 5.41) is 85.3. The minimum Gasteiger partial charge on any atom is -0.490 e. The molecule has 8 aromatic carbocycles. The molecule has 4 heterocycles. The number of nitrogens with zero attached hydrogens (tertiary/aromatic N) is 4. The monoisotopic (exact) mass is 1980 g/mol. The van der Waals surface area contributed by atoms with Gasteiger partial charge in [0, 0.05) is 94.1 Å². The van der Waals surface area contributed by atoms with Gasteiger partial charge in [-0.1, -0.05) is 123 Å². The van der Waals surface area contributed by atoms with Gasteiger partial charge in [-0.05, 0) is 365 Å². The highest BCUT2D eigenvalue weighted by atomic mass is 35.5. The smallest absolute Gasteiger partial charge is 0.335 e. The van der Waals surface area contributed by atoms with Crippen molar-refractivity contribution in [3.8, 4) is 23.0 Å². The van der Waals surface area contributed by atoms with Gasteiger partial charge in [-0.3, -0.25) is 0 Å². The molecule has 0 saturated heterocycles. The molecule has 744 valence electrons. The summed E-state index contributed by atoms with van der Waals surface area (Å²) in [5.41, 5.74) is 13.0. The lowest BCUT2D eigenvalue weighted by Crippen LogP contribution is -2.53. The summed E-state index contributed by atoms with van der Waals surface area (Å²) in [6.45, 7) is 32.0. The van der Waals surface area contributed by atoms with Crippen LogP contribution in [0.3, 0.4) is 0 Å². The van der Waals surface area contributed by atoms with Crippen molar-refractivity contribution in [2.24, 2.45) is 45.3 Å². The molecule has 4 saturated carbocycles. The molecule has 140 heavy (non-hydrogen) atoms. The lowest BCUT2D eigenvalue weighted by atomic mass is 9.57. The Morgan fingerprint density at radius 3 is 0.714 bits per heavy atom. The SMILES string of the molecule is C=CC[C@@H](O)[C@@]1(C)CC[C@@H]1CN1C[C@@]2(CCCc3cc(Cl)ccc32)COc2ccc(C(=O)O)cc21.C=CC[C@@H](O)[C@]1(C)CC[C@H]1CN1C[C@@]2(CCCc3cc(Cl)ccc32)COc2ccc(C(=O)O)cc21.C=CC[C@H](O)[C@@]1(C)CC[C@@H]1CN1C[C@@]2(CCCc3cc(Cl)ccc32)COc2ccc(C(=O)O)cc21.C=CC[C@H](O)[C@]1(C)CC[C@H]1CN1C[C@@]2(CCCc3cc(Cl)ccc32)COc2ccc(C(=O)O)cc21. The normalized spacial score (nSPS) is 28.2. The molecule has 0 aromatic heterocycles. The molecule has 4 spiro atoms. The van der Waals surface area contributed by atoms with Gasteiger partial charge in [-0.2, -0.15) is 0 Å². The van der Waals surface area contributed by atoms with Crippen molar-refractivity contribution in [3.63, 3.8) is 0 Å². The van der Waals surface area contributed by atoms with Crippen LogP contribution in [0.2, 0.25) is 20.1 Å². The molecule has 20 nitrogen and oxygen atoms in total. The number of anilines is 4. The largest absolute Gasteiger partial charge is 0.490 e. The van der Waals surface area contributed by atoms with E-state index in [0.717, 1.165) is 247 Å². The topological polar surface area (TPSA) is 280 Å². The van der Waals surface area contributed by atoms with E-state index in [1.807, 2.05) is 24.3 Å². The predicted molar refractivity (Wildman–Crippen MR) is 555 cm³/mol. The molecule has 8 aromatic rings. The zero-order valence-electron chi connectivity index (χ0n) is 81.2. The average molecular weight is 1980 g/mol. The molecular weight excluding hydrogens is 1850 g/mol. The molecule has 4 aliphatic heterocycles. The van der Waals surface area contributed by atoms with Gasteiger partial charge in [0.2, 0.25) is 0 Å². The molecule has 0 unspecified atom stereocenters. The van der Waals surface area contributed by atoms with Crippen molar-refractivity contribution < 1.29 is 79.0 Å². The Kier molecular flexibility index (Phi) is 30.0. The van der Waals surface area contributed by atoms with E-state index in [-0.39, 0.29) is 65.6 Å². The summed E-state index contributed by atoms with van der Waals surface area (Å²) in [6, 6.07) is 45.4.